The van der Waals surface area contributed by atoms with Crippen LogP contribution < -0.4 is 0 Å². The number of hydrogen-bond donors (Lipinski definition) is 0. The molecule has 0 N–H and O–H groups in total. The summed E-state index contributed by atoms with van der Waals surface area (Å²) in [4.78, 5) is 0. The molecule has 0 aromatic heterocycles. The van der Waals surface area contributed by atoms with Gasteiger partial charge in [0.05, 0.1) is 0 Å². The fraction of sp³-hybridized carbons (Fsp3) is 0.667. The standard InChI is InChI=1S/C18H23O2Si.3C4H9.Sn/c1-7-14-10-8-9-11-15(14)17-16(12-13-21(4,5)6)19-18(2,3)20-17;3*1-3-4-2;/h1,7-11,16-17H,2-6H3;3*1,3-4H2,2H3;/t16-,17-;;;;/m1..../s1. The van der Waals surface area contributed by atoms with E-state index in [-0.39, 0.29) is 12.2 Å². The van der Waals surface area contributed by atoms with E-state index < -0.39 is 32.2 Å². The van der Waals surface area contributed by atoms with Gasteiger partial charge in [0.2, 0.25) is 0 Å². The van der Waals surface area contributed by atoms with Crippen LogP contribution in [0.2, 0.25) is 33.0 Å². The van der Waals surface area contributed by atoms with Crippen LogP contribution in [0.3, 0.4) is 0 Å². The Balaban J connectivity index is 2.43. The van der Waals surface area contributed by atoms with E-state index in [0.717, 1.165) is 0 Å². The van der Waals surface area contributed by atoms with Crippen LogP contribution in [0.4, 0.5) is 0 Å². The van der Waals surface area contributed by atoms with Crippen molar-refractivity contribution < 1.29 is 9.47 Å². The zero-order valence-electron chi connectivity index (χ0n) is 23.3. The van der Waals surface area contributed by atoms with E-state index >= 15 is 0 Å². The zero-order chi connectivity index (χ0) is 25.2. The van der Waals surface area contributed by atoms with Crippen molar-refractivity contribution in [2.24, 2.45) is 0 Å². The summed E-state index contributed by atoms with van der Waals surface area (Å²) in [6.07, 6.45) is 10.2. The Kier molecular flexibility index (Phi) is 11.9. The second-order valence-electron chi connectivity index (χ2n) is 11.6. The Morgan fingerprint density at radius 2 is 1.47 bits per heavy atom. The van der Waals surface area contributed by atoms with Gasteiger partial charge in [-0.3, -0.25) is 0 Å². The summed E-state index contributed by atoms with van der Waals surface area (Å²) in [5.74, 6) is 2.84. The molecule has 1 aliphatic heterocycles. The van der Waals surface area contributed by atoms with Gasteiger partial charge in [0.1, 0.15) is 0 Å². The molecule has 2 nitrogen and oxygen atoms in total. The van der Waals surface area contributed by atoms with E-state index in [1.165, 1.54) is 63.0 Å². The first kappa shape index (κ1) is 29.7. The van der Waals surface area contributed by atoms with Crippen molar-refractivity contribution in [1.82, 2.24) is 0 Å². The van der Waals surface area contributed by atoms with Crippen molar-refractivity contribution in [3.05, 3.63) is 39.5 Å². The van der Waals surface area contributed by atoms with Crippen LogP contribution in [0, 0.1) is 11.5 Å². The summed E-state index contributed by atoms with van der Waals surface area (Å²) in [5.41, 5.74) is 6.04. The predicted molar refractivity (Wildman–Crippen MR) is 154 cm³/mol. The maximum absolute atomic E-state index is 6.45. The number of unbranched alkanes of at least 4 members (excludes halogenated alkanes) is 3. The summed E-state index contributed by atoms with van der Waals surface area (Å²) in [6.45, 7) is 17.9. The molecule has 0 amide bonds. The summed E-state index contributed by atoms with van der Waals surface area (Å²) in [7, 11) is -1.50. The van der Waals surface area contributed by atoms with Crippen molar-refractivity contribution in [3.8, 4) is 11.5 Å². The fourth-order valence-corrected chi connectivity index (χ4v) is 19.5. The Morgan fingerprint density at radius 3 is 2.00 bits per heavy atom. The average molecular weight is 590 g/mol. The van der Waals surface area contributed by atoms with Crippen LogP contribution in [0.5, 0.6) is 0 Å². The van der Waals surface area contributed by atoms with Crippen LogP contribution in [-0.2, 0) is 9.47 Å². The van der Waals surface area contributed by atoms with E-state index in [2.05, 4.69) is 86.3 Å². The molecule has 2 rings (SSSR count). The Bertz CT molecular complexity index is 822. The Morgan fingerprint density at radius 1 is 0.912 bits per heavy atom. The molecular formula is C30H50O2SiSn. The van der Waals surface area contributed by atoms with Crippen molar-refractivity contribution in [2.75, 3.05) is 0 Å². The number of ether oxygens (including phenoxy) is 2. The van der Waals surface area contributed by atoms with Crippen LogP contribution in [-0.4, -0.2) is 38.3 Å². The van der Waals surface area contributed by atoms with E-state index in [0.29, 0.717) is 0 Å². The molecule has 1 aromatic rings. The van der Waals surface area contributed by atoms with Crippen molar-refractivity contribution in [2.45, 2.75) is 124 Å². The van der Waals surface area contributed by atoms with E-state index in [1.807, 2.05) is 13.8 Å². The quantitative estimate of drug-likeness (QED) is 0.179. The van der Waals surface area contributed by atoms with Crippen LogP contribution in [0.25, 0.3) is 6.08 Å². The molecule has 1 heterocycles. The van der Waals surface area contributed by atoms with Gasteiger partial charge in [-0.1, -0.05) is 0 Å². The van der Waals surface area contributed by atoms with Gasteiger partial charge < -0.3 is 0 Å². The molecule has 1 saturated heterocycles. The number of benzene rings is 1. The van der Waals surface area contributed by atoms with Gasteiger partial charge in [-0.2, -0.15) is 0 Å². The van der Waals surface area contributed by atoms with E-state index in [4.69, 9.17) is 9.47 Å². The monoisotopic (exact) mass is 590 g/mol. The minimum atomic E-state index is -2.36. The van der Waals surface area contributed by atoms with Gasteiger partial charge in [0.25, 0.3) is 0 Å². The third kappa shape index (κ3) is 9.49. The number of hydrogen-bond acceptors (Lipinski definition) is 2. The van der Waals surface area contributed by atoms with E-state index in [1.54, 1.807) is 0 Å². The molecule has 4 heteroatoms. The van der Waals surface area contributed by atoms with Gasteiger partial charge in [-0.05, 0) is 0 Å². The molecule has 34 heavy (non-hydrogen) atoms. The molecule has 1 aliphatic rings. The first-order chi connectivity index (χ1) is 16.0. The minimum absolute atomic E-state index is 0.147. The molecule has 0 unspecified atom stereocenters. The van der Waals surface area contributed by atoms with Crippen molar-refractivity contribution >= 4 is 32.5 Å². The third-order valence-electron chi connectivity index (χ3n) is 6.69. The zero-order valence-corrected chi connectivity index (χ0v) is 27.2. The first-order valence-corrected chi connectivity index (χ1v) is 24.9. The Hall–Kier alpha value is -0.544. The molecule has 0 spiro atoms. The molecular weight excluding hydrogens is 539 g/mol. The molecule has 0 bridgehead atoms. The number of rotatable bonds is 12. The average Bonchev–Trinajstić information content (AvgIpc) is 3.11. The van der Waals surface area contributed by atoms with Gasteiger partial charge in [-0.15, -0.1) is 0 Å². The summed E-state index contributed by atoms with van der Waals surface area (Å²) < 4.78 is 20.0. The summed E-state index contributed by atoms with van der Waals surface area (Å²) in [6, 6.07) is 8.78. The second-order valence-corrected chi connectivity index (χ2v) is 29.4. The van der Waals surface area contributed by atoms with Gasteiger partial charge in [0, 0.05) is 0 Å². The van der Waals surface area contributed by atoms with Crippen molar-refractivity contribution in [1.29, 1.82) is 0 Å². The molecule has 190 valence electrons. The molecule has 0 saturated carbocycles. The molecule has 1 fully saturated rings. The van der Waals surface area contributed by atoms with Crippen molar-refractivity contribution in [3.63, 3.8) is 0 Å². The first-order valence-electron chi connectivity index (χ1n) is 13.7. The molecule has 2 atom stereocenters. The van der Waals surface area contributed by atoms with Crippen LogP contribution >= 0.6 is 0 Å². The molecule has 0 aliphatic carbocycles. The molecule has 0 radical (unpaired) electrons. The fourth-order valence-electron chi connectivity index (χ4n) is 4.78. The van der Waals surface area contributed by atoms with Gasteiger partial charge in [-0.25, -0.2) is 0 Å². The normalized spacial score (nSPS) is 20.5. The second kappa shape index (κ2) is 13.7. The third-order valence-corrected chi connectivity index (χ3v) is 21.6. The topological polar surface area (TPSA) is 18.5 Å². The molecule has 1 aromatic carbocycles. The SMILES string of the molecule is CCC[CH2][Sn](/[CH]=C/c1ccccc1[C@H]1OC(C)(C)O[C@@H]1C#C[Si](C)(C)C)([CH2]CCC)[CH2]CCC. The maximum atomic E-state index is 6.45. The Labute approximate surface area is 216 Å². The predicted octanol–water partition coefficient (Wildman–Crippen LogP) is 9.16. The van der Waals surface area contributed by atoms with Crippen LogP contribution in [0.15, 0.2) is 28.4 Å². The summed E-state index contributed by atoms with van der Waals surface area (Å²) >= 11 is -2.36. The summed E-state index contributed by atoms with van der Waals surface area (Å²) in [5, 5.41) is 0. The van der Waals surface area contributed by atoms with Gasteiger partial charge in [0.15, 0.2) is 0 Å². The van der Waals surface area contributed by atoms with Crippen LogP contribution in [0.1, 0.15) is 90.4 Å². The van der Waals surface area contributed by atoms with Gasteiger partial charge >= 0.3 is 217 Å². The van der Waals surface area contributed by atoms with E-state index in [9.17, 15) is 0 Å².